The number of aromatic nitrogens is 2. The molecule has 0 radical (unpaired) electrons. The Morgan fingerprint density at radius 1 is 0.283 bits per heavy atom. The average Bonchev–Trinajstić information content (AvgIpc) is 3.87. The second kappa shape index (κ2) is 11.7. The molecule has 3 nitrogen and oxygen atoms in total. The minimum Gasteiger partial charge on any atom is -0.310 e. The summed E-state index contributed by atoms with van der Waals surface area (Å²) in [6.45, 7) is 0. The van der Waals surface area contributed by atoms with E-state index in [0.29, 0.717) is 0 Å². The zero-order valence-electron chi connectivity index (χ0n) is 28.9. The topological polar surface area (TPSA) is 12.1 Å². The largest absolute Gasteiger partial charge is 0.310 e. The van der Waals surface area contributed by atoms with Crippen molar-refractivity contribution in [1.29, 1.82) is 0 Å². The van der Waals surface area contributed by atoms with Crippen molar-refractivity contribution in [2.24, 2.45) is 0 Å². The van der Waals surface area contributed by atoms with E-state index in [2.05, 4.69) is 214 Å². The monoisotopic (exact) mass is 675 g/mol. The van der Waals surface area contributed by atoms with Crippen LogP contribution in [-0.2, 0) is 0 Å². The third kappa shape index (κ3) is 4.61. The first-order chi connectivity index (χ1) is 26.3. The number of hydrogen-bond donors (Lipinski definition) is 0. The summed E-state index contributed by atoms with van der Waals surface area (Å²) in [5.74, 6) is 0. The molecule has 53 heavy (non-hydrogen) atoms. The van der Waals surface area contributed by atoms with Gasteiger partial charge >= 0.3 is 0 Å². The lowest BCUT2D eigenvalue weighted by Crippen LogP contribution is -2.10. The molecule has 0 fully saturated rings. The number of anilines is 3. The SMILES string of the molecule is c1ccc(-c2ccc(N(c3ccc(-c4ccccc4)cc3)c3cccc(-c4ccc5c(c4)c4c6ccccc6n6c7ccccc7n5c46)c3)cc2)cc1. The van der Waals surface area contributed by atoms with Gasteiger partial charge in [-0.05, 0) is 100 Å². The molecule has 3 heterocycles. The van der Waals surface area contributed by atoms with E-state index in [-0.39, 0.29) is 0 Å². The summed E-state index contributed by atoms with van der Waals surface area (Å²) in [5, 5.41) is 3.87. The molecular formula is C50H33N3. The summed E-state index contributed by atoms with van der Waals surface area (Å²) in [7, 11) is 0. The molecule has 0 saturated heterocycles. The molecule has 8 aromatic carbocycles. The number of para-hydroxylation sites is 3. The van der Waals surface area contributed by atoms with E-state index in [1.165, 1.54) is 77.3 Å². The maximum Gasteiger partial charge on any atom is 0.131 e. The summed E-state index contributed by atoms with van der Waals surface area (Å²) in [6, 6.07) is 72.5. The van der Waals surface area contributed by atoms with Crippen LogP contribution in [0.2, 0.25) is 0 Å². The molecule has 0 amide bonds. The van der Waals surface area contributed by atoms with Gasteiger partial charge in [0.05, 0.1) is 22.1 Å². The summed E-state index contributed by atoms with van der Waals surface area (Å²) < 4.78 is 4.88. The van der Waals surface area contributed by atoms with E-state index >= 15 is 0 Å². The van der Waals surface area contributed by atoms with Crippen LogP contribution in [0.15, 0.2) is 200 Å². The van der Waals surface area contributed by atoms with Crippen molar-refractivity contribution in [1.82, 2.24) is 8.80 Å². The van der Waals surface area contributed by atoms with Gasteiger partial charge in [-0.1, -0.05) is 133 Å². The fraction of sp³-hybridized carbons (Fsp3) is 0. The van der Waals surface area contributed by atoms with Crippen molar-refractivity contribution in [2.75, 3.05) is 4.90 Å². The van der Waals surface area contributed by atoms with Gasteiger partial charge in [-0.15, -0.1) is 0 Å². The molecule has 3 heteroatoms. The van der Waals surface area contributed by atoms with Crippen molar-refractivity contribution in [2.45, 2.75) is 0 Å². The molecule has 3 aromatic heterocycles. The predicted molar refractivity (Wildman–Crippen MR) is 223 cm³/mol. The molecule has 0 N–H and O–H groups in total. The molecule has 0 atom stereocenters. The number of imidazole rings is 1. The standard InChI is InChI=1S/C50H33N3/c1-3-12-34(13-4-1)36-22-27-40(28-23-36)51(41-29-24-37(25-30-41)35-14-5-2-6-15-35)42-17-11-16-38(32-42)39-26-31-46-44(33-39)49-43-18-7-8-19-45(43)52-47-20-9-10-21-48(47)53(46)50(49)52/h1-33H. The highest BCUT2D eigenvalue weighted by molar-refractivity contribution is 6.24. The van der Waals surface area contributed by atoms with Gasteiger partial charge in [0.1, 0.15) is 5.65 Å². The highest BCUT2D eigenvalue weighted by atomic mass is 15.1. The molecule has 0 aliphatic carbocycles. The second-order valence-electron chi connectivity index (χ2n) is 13.8. The van der Waals surface area contributed by atoms with E-state index in [0.717, 1.165) is 17.1 Å². The Bertz CT molecular complexity index is 2990. The highest BCUT2D eigenvalue weighted by Gasteiger charge is 2.23. The zero-order chi connectivity index (χ0) is 34.9. The van der Waals surface area contributed by atoms with Crippen molar-refractivity contribution in [3.05, 3.63) is 200 Å². The Labute approximate surface area is 307 Å². The van der Waals surface area contributed by atoms with Crippen LogP contribution in [0.1, 0.15) is 0 Å². The Morgan fingerprint density at radius 2 is 0.736 bits per heavy atom. The Kier molecular flexibility index (Phi) is 6.55. The highest BCUT2D eigenvalue weighted by Crippen LogP contribution is 2.43. The van der Waals surface area contributed by atoms with Gasteiger partial charge in [0.25, 0.3) is 0 Å². The van der Waals surface area contributed by atoms with Gasteiger partial charge in [0.2, 0.25) is 0 Å². The molecule has 248 valence electrons. The van der Waals surface area contributed by atoms with E-state index in [1.54, 1.807) is 0 Å². The number of fused-ring (bicyclic) bond motifs is 9. The Morgan fingerprint density at radius 3 is 1.34 bits per heavy atom. The number of rotatable bonds is 6. The summed E-state index contributed by atoms with van der Waals surface area (Å²) in [5.41, 5.74) is 16.7. The van der Waals surface area contributed by atoms with E-state index in [9.17, 15) is 0 Å². The van der Waals surface area contributed by atoms with Gasteiger partial charge in [-0.3, -0.25) is 8.80 Å². The summed E-state index contributed by atoms with van der Waals surface area (Å²) in [4.78, 5) is 2.36. The molecule has 0 aliphatic rings. The van der Waals surface area contributed by atoms with E-state index in [4.69, 9.17) is 0 Å². The Hall–Kier alpha value is -7.10. The first kappa shape index (κ1) is 29.6. The molecular weight excluding hydrogens is 643 g/mol. The third-order valence-electron chi connectivity index (χ3n) is 10.8. The Balaban J connectivity index is 1.06. The summed E-state index contributed by atoms with van der Waals surface area (Å²) in [6.07, 6.45) is 0. The van der Waals surface area contributed by atoms with Gasteiger partial charge in [0, 0.05) is 33.2 Å². The molecule has 0 unspecified atom stereocenters. The maximum absolute atomic E-state index is 2.44. The number of nitrogens with zero attached hydrogens (tertiary/aromatic N) is 3. The van der Waals surface area contributed by atoms with Crippen LogP contribution in [0.25, 0.3) is 77.3 Å². The van der Waals surface area contributed by atoms with Crippen LogP contribution in [0.4, 0.5) is 17.1 Å². The first-order valence-electron chi connectivity index (χ1n) is 18.2. The van der Waals surface area contributed by atoms with Crippen LogP contribution >= 0.6 is 0 Å². The number of benzene rings is 8. The van der Waals surface area contributed by atoms with Crippen LogP contribution in [0.5, 0.6) is 0 Å². The lowest BCUT2D eigenvalue weighted by atomic mass is 10.0. The van der Waals surface area contributed by atoms with Gasteiger partial charge < -0.3 is 4.90 Å². The van der Waals surface area contributed by atoms with Gasteiger partial charge in [-0.2, -0.15) is 0 Å². The van der Waals surface area contributed by atoms with Crippen molar-refractivity contribution in [3.63, 3.8) is 0 Å². The smallest absolute Gasteiger partial charge is 0.131 e. The van der Waals surface area contributed by atoms with E-state index in [1.807, 2.05) is 0 Å². The quantitative estimate of drug-likeness (QED) is 0.171. The lowest BCUT2D eigenvalue weighted by molar-refractivity contribution is 1.28. The number of hydrogen-bond acceptors (Lipinski definition) is 1. The minimum atomic E-state index is 1.11. The van der Waals surface area contributed by atoms with Crippen LogP contribution in [0.3, 0.4) is 0 Å². The predicted octanol–water partition coefficient (Wildman–Crippen LogP) is 13.6. The summed E-state index contributed by atoms with van der Waals surface area (Å²) >= 11 is 0. The second-order valence-corrected chi connectivity index (χ2v) is 13.8. The first-order valence-corrected chi connectivity index (χ1v) is 18.2. The van der Waals surface area contributed by atoms with Crippen molar-refractivity contribution < 1.29 is 0 Å². The van der Waals surface area contributed by atoms with Gasteiger partial charge in [-0.25, -0.2) is 0 Å². The van der Waals surface area contributed by atoms with E-state index < -0.39 is 0 Å². The van der Waals surface area contributed by atoms with Crippen LogP contribution < -0.4 is 4.90 Å². The maximum atomic E-state index is 2.44. The van der Waals surface area contributed by atoms with Crippen molar-refractivity contribution >= 4 is 60.9 Å². The van der Waals surface area contributed by atoms with Crippen LogP contribution in [0, 0.1) is 0 Å². The average molecular weight is 676 g/mol. The van der Waals surface area contributed by atoms with Crippen LogP contribution in [-0.4, -0.2) is 8.80 Å². The molecule has 0 saturated carbocycles. The molecule has 11 aromatic rings. The fourth-order valence-electron chi connectivity index (χ4n) is 8.40. The van der Waals surface area contributed by atoms with Gasteiger partial charge in [0.15, 0.2) is 0 Å². The molecule has 0 spiro atoms. The fourth-order valence-corrected chi connectivity index (χ4v) is 8.40. The normalized spacial score (nSPS) is 11.8. The minimum absolute atomic E-state index is 1.11. The van der Waals surface area contributed by atoms with Crippen molar-refractivity contribution in [3.8, 4) is 33.4 Å². The molecule has 0 bridgehead atoms. The zero-order valence-corrected chi connectivity index (χ0v) is 28.9. The lowest BCUT2D eigenvalue weighted by Gasteiger charge is -2.26. The third-order valence-corrected chi connectivity index (χ3v) is 10.8. The molecule has 11 rings (SSSR count). The molecule has 0 aliphatic heterocycles.